The van der Waals surface area contributed by atoms with E-state index in [-0.39, 0.29) is 13.0 Å². The van der Waals surface area contributed by atoms with Crippen LogP contribution >= 0.6 is 0 Å². The van der Waals surface area contributed by atoms with Crippen molar-refractivity contribution in [3.8, 4) is 0 Å². The fourth-order valence-corrected chi connectivity index (χ4v) is 2.82. The topological polar surface area (TPSA) is 120 Å². The smallest absolute Gasteiger partial charge is 0.408 e. The number of rotatable bonds is 10. The van der Waals surface area contributed by atoms with Gasteiger partial charge in [-0.15, -0.1) is 0 Å². The zero-order valence-electron chi connectivity index (χ0n) is 17.9. The molecule has 9 heteroatoms. The maximum atomic E-state index is 12.8. The number of alkyl carbamates (subject to hydrolysis) is 1. The van der Waals surface area contributed by atoms with E-state index in [1.54, 1.807) is 48.5 Å². The molecule has 170 valence electrons. The predicted molar refractivity (Wildman–Crippen MR) is 114 cm³/mol. The number of ether oxygens (including phenoxy) is 3. The molecule has 0 aliphatic carbocycles. The molecule has 0 fully saturated rings. The highest BCUT2D eigenvalue weighted by Crippen LogP contribution is 2.07. The number of esters is 2. The minimum atomic E-state index is -1.31. The van der Waals surface area contributed by atoms with Crippen LogP contribution in [0.4, 0.5) is 4.79 Å². The van der Waals surface area contributed by atoms with Gasteiger partial charge >= 0.3 is 18.0 Å². The van der Waals surface area contributed by atoms with Crippen LogP contribution in [0.25, 0.3) is 0 Å². The molecule has 0 spiro atoms. The molecule has 0 radical (unpaired) electrons. The molecule has 0 aromatic heterocycles. The molecule has 0 unspecified atom stereocenters. The second kappa shape index (κ2) is 12.7. The standard InChI is InChI=1S/C23H26N2O7/c1-30-20(26)14-18(25-23(29)32-15-17-11-7-4-8-12-17)21(27)24-19(22(28)31-2)13-16-9-5-3-6-10-16/h3-12,18-19H,13-15H2,1-2H3,(H,24,27)(H,25,29)/t18-,19-/m0/s1. The summed E-state index contributed by atoms with van der Waals surface area (Å²) in [5.41, 5.74) is 1.55. The molecule has 0 saturated heterocycles. The summed E-state index contributed by atoms with van der Waals surface area (Å²) in [4.78, 5) is 49.0. The number of carbonyl (C=O) groups is 4. The molecule has 9 nitrogen and oxygen atoms in total. The van der Waals surface area contributed by atoms with Gasteiger partial charge in [-0.1, -0.05) is 60.7 Å². The average Bonchev–Trinajstić information content (AvgIpc) is 2.82. The lowest BCUT2D eigenvalue weighted by molar-refractivity contribution is -0.146. The predicted octanol–water partition coefficient (Wildman–Crippen LogP) is 1.74. The van der Waals surface area contributed by atoms with Crippen LogP contribution in [0.3, 0.4) is 0 Å². The van der Waals surface area contributed by atoms with Crippen LogP contribution in [-0.4, -0.2) is 50.2 Å². The highest BCUT2D eigenvalue weighted by molar-refractivity contribution is 5.92. The SMILES string of the molecule is COC(=O)C[C@H](NC(=O)OCc1ccccc1)C(=O)N[C@@H](Cc1ccccc1)C(=O)OC. The Morgan fingerprint density at radius 2 is 1.38 bits per heavy atom. The fourth-order valence-electron chi connectivity index (χ4n) is 2.82. The molecule has 2 aromatic carbocycles. The van der Waals surface area contributed by atoms with Crippen molar-refractivity contribution in [1.82, 2.24) is 10.6 Å². The third kappa shape index (κ3) is 8.10. The van der Waals surface area contributed by atoms with Crippen molar-refractivity contribution in [3.05, 3.63) is 71.8 Å². The zero-order valence-corrected chi connectivity index (χ0v) is 17.9. The Balaban J connectivity index is 2.05. The first-order chi connectivity index (χ1) is 15.4. The highest BCUT2D eigenvalue weighted by atomic mass is 16.5. The van der Waals surface area contributed by atoms with E-state index in [0.29, 0.717) is 0 Å². The molecule has 32 heavy (non-hydrogen) atoms. The first-order valence-corrected chi connectivity index (χ1v) is 9.89. The third-order valence-corrected chi connectivity index (χ3v) is 4.50. The van der Waals surface area contributed by atoms with E-state index < -0.39 is 42.4 Å². The molecular weight excluding hydrogens is 416 g/mol. The monoisotopic (exact) mass is 442 g/mol. The summed E-state index contributed by atoms with van der Waals surface area (Å²) in [6.45, 7) is -0.0158. The van der Waals surface area contributed by atoms with E-state index >= 15 is 0 Å². The Morgan fingerprint density at radius 3 is 1.94 bits per heavy atom. The van der Waals surface area contributed by atoms with Crippen LogP contribution in [0.2, 0.25) is 0 Å². The molecule has 0 aliphatic rings. The third-order valence-electron chi connectivity index (χ3n) is 4.50. The van der Waals surface area contributed by atoms with Crippen molar-refractivity contribution in [1.29, 1.82) is 0 Å². The maximum absolute atomic E-state index is 12.8. The summed E-state index contributed by atoms with van der Waals surface area (Å²) in [5, 5.41) is 4.89. The van der Waals surface area contributed by atoms with Crippen molar-refractivity contribution in [3.63, 3.8) is 0 Å². The minimum Gasteiger partial charge on any atom is -0.469 e. The van der Waals surface area contributed by atoms with Crippen LogP contribution in [0, 0.1) is 0 Å². The molecule has 2 rings (SSSR count). The van der Waals surface area contributed by atoms with E-state index in [4.69, 9.17) is 9.47 Å². The van der Waals surface area contributed by atoms with Gasteiger partial charge in [-0.2, -0.15) is 0 Å². The quantitative estimate of drug-likeness (QED) is 0.425. The Kier molecular flexibility index (Phi) is 9.70. The Labute approximate surface area is 186 Å². The lowest BCUT2D eigenvalue weighted by Gasteiger charge is -2.21. The second-order valence-electron chi connectivity index (χ2n) is 6.81. The van der Waals surface area contributed by atoms with E-state index in [1.807, 2.05) is 12.1 Å². The van der Waals surface area contributed by atoms with Gasteiger partial charge in [-0.05, 0) is 11.1 Å². The molecule has 0 bridgehead atoms. The van der Waals surface area contributed by atoms with E-state index in [2.05, 4.69) is 15.4 Å². The summed E-state index contributed by atoms with van der Waals surface area (Å²) in [7, 11) is 2.37. The van der Waals surface area contributed by atoms with Crippen molar-refractivity contribution < 1.29 is 33.4 Å². The molecule has 0 saturated carbocycles. The van der Waals surface area contributed by atoms with E-state index in [0.717, 1.165) is 18.2 Å². The van der Waals surface area contributed by atoms with Gasteiger partial charge in [0.05, 0.1) is 20.6 Å². The number of methoxy groups -OCH3 is 2. The first-order valence-electron chi connectivity index (χ1n) is 9.89. The van der Waals surface area contributed by atoms with Crippen LogP contribution in [0.15, 0.2) is 60.7 Å². The van der Waals surface area contributed by atoms with Gasteiger partial charge in [0.15, 0.2) is 0 Å². The number of hydrogen-bond donors (Lipinski definition) is 2. The largest absolute Gasteiger partial charge is 0.469 e. The molecule has 2 N–H and O–H groups in total. The Hall–Kier alpha value is -3.88. The first kappa shape index (κ1) is 24.4. The van der Waals surface area contributed by atoms with Gasteiger partial charge in [0.1, 0.15) is 18.7 Å². The van der Waals surface area contributed by atoms with Gasteiger partial charge in [-0.25, -0.2) is 9.59 Å². The Bertz CT molecular complexity index is 903. The number of hydrogen-bond acceptors (Lipinski definition) is 7. The van der Waals surface area contributed by atoms with E-state index in [1.165, 1.54) is 7.11 Å². The normalized spacial score (nSPS) is 12.1. The van der Waals surface area contributed by atoms with E-state index in [9.17, 15) is 19.2 Å². The Morgan fingerprint density at radius 1 is 0.781 bits per heavy atom. The summed E-state index contributed by atoms with van der Waals surface area (Å²) < 4.78 is 14.5. The van der Waals surface area contributed by atoms with Crippen molar-refractivity contribution in [2.45, 2.75) is 31.5 Å². The minimum absolute atomic E-state index is 0.0158. The summed E-state index contributed by atoms with van der Waals surface area (Å²) in [6.07, 6.45) is -1.17. The maximum Gasteiger partial charge on any atom is 0.408 e. The van der Waals surface area contributed by atoms with Crippen LogP contribution in [-0.2, 0) is 41.6 Å². The highest BCUT2D eigenvalue weighted by Gasteiger charge is 2.29. The summed E-state index contributed by atoms with van der Waals surface area (Å²) in [6, 6.07) is 15.7. The molecule has 0 heterocycles. The van der Waals surface area contributed by atoms with Crippen LogP contribution < -0.4 is 10.6 Å². The number of nitrogens with one attached hydrogen (secondary N) is 2. The fraction of sp³-hybridized carbons (Fsp3) is 0.304. The van der Waals surface area contributed by atoms with Crippen molar-refractivity contribution in [2.75, 3.05) is 14.2 Å². The molecular formula is C23H26N2O7. The van der Waals surface area contributed by atoms with Gasteiger partial charge in [0.2, 0.25) is 5.91 Å². The number of benzene rings is 2. The number of amides is 2. The lowest BCUT2D eigenvalue weighted by Crippen LogP contribution is -2.53. The summed E-state index contributed by atoms with van der Waals surface area (Å²) in [5.74, 6) is -2.13. The van der Waals surface area contributed by atoms with Gasteiger partial charge in [-0.3, -0.25) is 9.59 Å². The lowest BCUT2D eigenvalue weighted by atomic mass is 10.1. The summed E-state index contributed by atoms with van der Waals surface area (Å²) >= 11 is 0. The van der Waals surface area contributed by atoms with Crippen LogP contribution in [0.1, 0.15) is 17.5 Å². The molecule has 2 amide bonds. The molecule has 2 atom stereocenters. The molecule has 0 aliphatic heterocycles. The molecule has 2 aromatic rings. The van der Waals surface area contributed by atoms with Crippen LogP contribution in [0.5, 0.6) is 0 Å². The zero-order chi connectivity index (χ0) is 23.3. The second-order valence-corrected chi connectivity index (χ2v) is 6.81. The van der Waals surface area contributed by atoms with Gasteiger partial charge < -0.3 is 24.8 Å². The number of carbonyl (C=O) groups excluding carboxylic acids is 4. The van der Waals surface area contributed by atoms with Crippen molar-refractivity contribution >= 4 is 23.9 Å². The van der Waals surface area contributed by atoms with Crippen molar-refractivity contribution in [2.24, 2.45) is 0 Å². The average molecular weight is 442 g/mol. The van der Waals surface area contributed by atoms with Gasteiger partial charge in [0, 0.05) is 6.42 Å². The van der Waals surface area contributed by atoms with Gasteiger partial charge in [0.25, 0.3) is 0 Å².